The fraction of sp³-hybridized carbons (Fsp3) is 0.375. The lowest BCUT2D eigenvalue weighted by atomic mass is 9.77. The summed E-state index contributed by atoms with van der Waals surface area (Å²) in [7, 11) is 0. The maximum Gasteiger partial charge on any atom is 0.416 e. The molecule has 0 aliphatic carbocycles. The minimum Gasteiger partial charge on any atom is -0.481 e. The third kappa shape index (κ3) is 2.20. The van der Waals surface area contributed by atoms with E-state index in [4.69, 9.17) is 16.3 Å². The van der Waals surface area contributed by atoms with E-state index < -0.39 is 47.2 Å². The van der Waals surface area contributed by atoms with E-state index >= 15 is 0 Å². The summed E-state index contributed by atoms with van der Waals surface area (Å²) in [5, 5.41) is 9.37. The minimum atomic E-state index is -4.59. The normalized spacial score (nSPS) is 33.2. The molecule has 2 saturated heterocycles. The number of fused-ring (bicyclic) bond motifs is 1. The quantitative estimate of drug-likeness (QED) is 0.809. The Morgan fingerprint density at radius 2 is 2.12 bits per heavy atom. The number of ether oxygens (including phenoxy) is 1. The summed E-state index contributed by atoms with van der Waals surface area (Å²) in [6, 6.07) is 2.69. The number of benzene rings is 1. The average Bonchev–Trinajstić information content (AvgIpc) is 3.15. The second-order valence-electron chi connectivity index (χ2n) is 6.33. The first-order valence-corrected chi connectivity index (χ1v) is 7.80. The maximum absolute atomic E-state index is 13.0. The number of nitrogens with zero attached hydrogens (tertiary/aromatic N) is 1. The molecule has 1 aromatic carbocycles. The number of aliphatic carboxylic acids is 1. The molecule has 1 aromatic rings. The number of amides is 1. The van der Waals surface area contributed by atoms with Crippen molar-refractivity contribution in [1.82, 2.24) is 0 Å². The molecule has 25 heavy (non-hydrogen) atoms. The maximum atomic E-state index is 13.0. The Morgan fingerprint density at radius 1 is 1.40 bits per heavy atom. The molecule has 132 valence electrons. The lowest BCUT2D eigenvalue weighted by Gasteiger charge is -2.23. The van der Waals surface area contributed by atoms with Crippen LogP contribution in [-0.4, -0.2) is 35.2 Å². The Bertz CT molecular complexity index is 824. The Hall–Kier alpha value is -2.06. The van der Waals surface area contributed by atoms with Crippen LogP contribution in [0.2, 0.25) is 5.02 Å². The second-order valence-corrected chi connectivity index (χ2v) is 6.73. The van der Waals surface area contributed by atoms with Crippen LogP contribution in [0.1, 0.15) is 5.56 Å². The summed E-state index contributed by atoms with van der Waals surface area (Å²) in [4.78, 5) is 25.4. The zero-order valence-corrected chi connectivity index (χ0v) is 13.2. The summed E-state index contributed by atoms with van der Waals surface area (Å²) in [6.45, 7) is -0.0751. The van der Waals surface area contributed by atoms with Crippen LogP contribution in [0.5, 0.6) is 0 Å². The van der Waals surface area contributed by atoms with Crippen LogP contribution in [0.3, 0.4) is 0 Å². The van der Waals surface area contributed by atoms with Gasteiger partial charge in [-0.05, 0) is 18.2 Å². The number of carbonyl (C=O) groups is 2. The Balaban J connectivity index is 1.76. The largest absolute Gasteiger partial charge is 0.481 e. The highest BCUT2D eigenvalue weighted by Crippen LogP contribution is 2.53. The molecule has 2 fully saturated rings. The molecular weight excluding hydrogens is 363 g/mol. The van der Waals surface area contributed by atoms with Crippen molar-refractivity contribution >= 4 is 29.2 Å². The minimum absolute atomic E-state index is 0.0249. The van der Waals surface area contributed by atoms with Gasteiger partial charge in [0.15, 0.2) is 0 Å². The van der Waals surface area contributed by atoms with Gasteiger partial charge in [-0.25, -0.2) is 0 Å². The Kier molecular flexibility index (Phi) is 3.27. The van der Waals surface area contributed by atoms with Crippen molar-refractivity contribution in [3.05, 3.63) is 40.9 Å². The predicted molar refractivity (Wildman–Crippen MR) is 80.2 cm³/mol. The fourth-order valence-corrected chi connectivity index (χ4v) is 4.10. The van der Waals surface area contributed by atoms with Crippen LogP contribution < -0.4 is 4.90 Å². The standard InChI is InChI=1S/C16H11ClF3NO4/c17-8-2-1-7(16(18,19)20)5-9(8)21-6-15-4-3-10(25-15)11(14(23)24)12(15)13(21)22/h1-5,10-12H,6H2,(H,23,24). The van der Waals surface area contributed by atoms with Gasteiger partial charge in [-0.1, -0.05) is 23.8 Å². The van der Waals surface area contributed by atoms with Crippen molar-refractivity contribution in [3.8, 4) is 0 Å². The molecule has 1 N–H and O–H groups in total. The average molecular weight is 374 g/mol. The van der Waals surface area contributed by atoms with E-state index in [2.05, 4.69) is 0 Å². The Labute approximate surface area is 144 Å². The summed E-state index contributed by atoms with van der Waals surface area (Å²) >= 11 is 6.01. The van der Waals surface area contributed by atoms with Crippen LogP contribution in [0, 0.1) is 11.8 Å². The van der Waals surface area contributed by atoms with Gasteiger partial charge in [0.1, 0.15) is 11.5 Å². The molecule has 0 radical (unpaired) electrons. The van der Waals surface area contributed by atoms with E-state index in [0.717, 1.165) is 23.1 Å². The van der Waals surface area contributed by atoms with E-state index in [1.165, 1.54) is 0 Å². The van der Waals surface area contributed by atoms with E-state index in [-0.39, 0.29) is 17.3 Å². The third-order valence-electron chi connectivity index (χ3n) is 4.95. The van der Waals surface area contributed by atoms with Gasteiger partial charge in [-0.3, -0.25) is 9.59 Å². The summed E-state index contributed by atoms with van der Waals surface area (Å²) in [6.07, 6.45) is -2.08. The van der Waals surface area contributed by atoms with Crippen molar-refractivity contribution < 1.29 is 32.6 Å². The fourth-order valence-electron chi connectivity index (χ4n) is 3.88. The van der Waals surface area contributed by atoms with Gasteiger partial charge in [-0.15, -0.1) is 0 Å². The summed E-state index contributed by atoms with van der Waals surface area (Å²) in [5.41, 5.74) is -2.18. The van der Waals surface area contributed by atoms with Crippen LogP contribution in [-0.2, 0) is 20.5 Å². The van der Waals surface area contributed by atoms with Crippen molar-refractivity contribution in [2.45, 2.75) is 17.9 Å². The van der Waals surface area contributed by atoms with E-state index in [1.807, 2.05) is 0 Å². The molecule has 0 aromatic heterocycles. The zero-order chi connectivity index (χ0) is 18.1. The molecule has 1 amide bonds. The first kappa shape index (κ1) is 16.4. The van der Waals surface area contributed by atoms with Crippen molar-refractivity contribution in [2.24, 2.45) is 11.8 Å². The predicted octanol–water partition coefficient (Wildman–Crippen LogP) is 2.73. The number of hydrogen-bond donors (Lipinski definition) is 1. The highest BCUT2D eigenvalue weighted by molar-refractivity contribution is 6.34. The number of anilines is 1. The number of hydrogen-bond acceptors (Lipinski definition) is 3. The second kappa shape index (κ2) is 4.98. The first-order valence-electron chi connectivity index (χ1n) is 7.42. The Morgan fingerprint density at radius 3 is 2.76 bits per heavy atom. The number of carbonyl (C=O) groups excluding carboxylic acids is 1. The summed E-state index contributed by atoms with van der Waals surface area (Å²) in [5.74, 6) is -3.82. The number of halogens is 4. The van der Waals surface area contributed by atoms with Crippen LogP contribution in [0.25, 0.3) is 0 Å². The van der Waals surface area contributed by atoms with E-state index in [9.17, 15) is 27.9 Å². The number of alkyl halides is 3. The molecule has 0 saturated carbocycles. The lowest BCUT2D eigenvalue weighted by Crippen LogP contribution is -2.39. The molecule has 3 aliphatic rings. The van der Waals surface area contributed by atoms with Gasteiger partial charge in [0.05, 0.1) is 34.8 Å². The van der Waals surface area contributed by atoms with Gasteiger partial charge in [0.25, 0.3) is 0 Å². The third-order valence-corrected chi connectivity index (χ3v) is 5.27. The monoisotopic (exact) mass is 373 g/mol. The molecule has 5 nitrogen and oxygen atoms in total. The first-order chi connectivity index (χ1) is 11.6. The molecule has 3 heterocycles. The molecule has 2 bridgehead atoms. The number of rotatable bonds is 2. The van der Waals surface area contributed by atoms with Crippen LogP contribution in [0.4, 0.5) is 18.9 Å². The molecule has 3 aliphatic heterocycles. The molecular formula is C16H11ClF3NO4. The van der Waals surface area contributed by atoms with Gasteiger partial charge < -0.3 is 14.7 Å². The molecule has 4 unspecified atom stereocenters. The molecule has 4 rings (SSSR count). The zero-order valence-electron chi connectivity index (χ0n) is 12.5. The van der Waals surface area contributed by atoms with Crippen molar-refractivity contribution in [1.29, 1.82) is 0 Å². The highest BCUT2D eigenvalue weighted by Gasteiger charge is 2.67. The molecule has 1 spiro atoms. The SMILES string of the molecule is O=C(O)C1C2C=CC3(CN(c4cc(C(F)(F)F)ccc4Cl)C(=O)C13)O2. The van der Waals surface area contributed by atoms with Gasteiger partial charge in [0.2, 0.25) is 5.91 Å². The van der Waals surface area contributed by atoms with Gasteiger partial charge >= 0.3 is 12.1 Å². The van der Waals surface area contributed by atoms with Crippen LogP contribution >= 0.6 is 11.6 Å². The lowest BCUT2D eigenvalue weighted by molar-refractivity contribution is -0.146. The molecule has 9 heteroatoms. The number of carboxylic acid groups (broad SMARTS) is 1. The van der Waals surface area contributed by atoms with E-state index in [0.29, 0.717) is 0 Å². The summed E-state index contributed by atoms with van der Waals surface area (Å²) < 4.78 is 44.6. The van der Waals surface area contributed by atoms with Gasteiger partial charge in [0, 0.05) is 0 Å². The van der Waals surface area contributed by atoms with Gasteiger partial charge in [-0.2, -0.15) is 13.2 Å². The number of carboxylic acids is 1. The van der Waals surface area contributed by atoms with Crippen LogP contribution in [0.15, 0.2) is 30.4 Å². The van der Waals surface area contributed by atoms with Crippen molar-refractivity contribution in [2.75, 3.05) is 11.4 Å². The van der Waals surface area contributed by atoms with Crippen molar-refractivity contribution in [3.63, 3.8) is 0 Å². The topological polar surface area (TPSA) is 66.8 Å². The smallest absolute Gasteiger partial charge is 0.416 e. The van der Waals surface area contributed by atoms with E-state index in [1.54, 1.807) is 12.2 Å². The highest BCUT2D eigenvalue weighted by atomic mass is 35.5. The molecule has 4 atom stereocenters.